The molecule has 3 aromatic heterocycles. The number of nitrogens with one attached hydrogen (secondary N) is 1. The second-order valence-corrected chi connectivity index (χ2v) is 7.86. The number of imidazole rings is 1. The van der Waals surface area contributed by atoms with E-state index in [-0.39, 0.29) is 5.82 Å². The second kappa shape index (κ2) is 7.92. The molecule has 0 radical (unpaired) electrons. The standard InChI is InChI=1S/C24H19FN4OS/c1-29(21-14-16-5-3-4-6-19(16)30-21)20-13-17(11-12-26-20)23-22(27-24(28-23)31-2)15-7-9-18(25)10-8-15/h3-14H,1-2H3,(H,27,28). The zero-order valence-corrected chi connectivity index (χ0v) is 17.8. The van der Waals surface area contributed by atoms with E-state index in [9.17, 15) is 4.39 Å². The van der Waals surface area contributed by atoms with Crippen LogP contribution in [0.1, 0.15) is 0 Å². The molecule has 0 unspecified atom stereocenters. The van der Waals surface area contributed by atoms with Gasteiger partial charge in [-0.05, 0) is 48.7 Å². The van der Waals surface area contributed by atoms with Gasteiger partial charge in [0.1, 0.15) is 17.2 Å². The Hall–Kier alpha value is -3.58. The topological polar surface area (TPSA) is 58.0 Å². The number of hydrogen-bond acceptors (Lipinski definition) is 5. The largest absolute Gasteiger partial charge is 0.440 e. The Balaban J connectivity index is 1.56. The Kier molecular flexibility index (Phi) is 4.95. The molecule has 0 saturated carbocycles. The van der Waals surface area contributed by atoms with E-state index >= 15 is 0 Å². The van der Waals surface area contributed by atoms with Crippen molar-refractivity contribution in [3.8, 4) is 22.5 Å². The van der Waals surface area contributed by atoms with Crippen LogP contribution in [0.3, 0.4) is 0 Å². The lowest BCUT2D eigenvalue weighted by Crippen LogP contribution is -2.10. The van der Waals surface area contributed by atoms with Crippen LogP contribution >= 0.6 is 11.8 Å². The van der Waals surface area contributed by atoms with Crippen molar-refractivity contribution >= 4 is 34.4 Å². The molecule has 154 valence electrons. The maximum Gasteiger partial charge on any atom is 0.202 e. The zero-order chi connectivity index (χ0) is 21.4. The van der Waals surface area contributed by atoms with Crippen LogP contribution in [0.25, 0.3) is 33.5 Å². The van der Waals surface area contributed by atoms with E-state index < -0.39 is 0 Å². The van der Waals surface area contributed by atoms with Crippen molar-refractivity contribution in [2.24, 2.45) is 0 Å². The van der Waals surface area contributed by atoms with Crippen LogP contribution in [0.4, 0.5) is 16.1 Å². The molecule has 5 rings (SSSR count). The first-order valence-corrected chi connectivity index (χ1v) is 10.9. The first-order chi connectivity index (χ1) is 15.1. The molecule has 0 saturated heterocycles. The van der Waals surface area contributed by atoms with Crippen molar-refractivity contribution < 1.29 is 8.81 Å². The molecule has 2 aromatic carbocycles. The molecule has 0 aliphatic carbocycles. The van der Waals surface area contributed by atoms with Gasteiger partial charge in [0.25, 0.3) is 0 Å². The Morgan fingerprint density at radius 1 is 1.00 bits per heavy atom. The van der Waals surface area contributed by atoms with Crippen molar-refractivity contribution in [1.29, 1.82) is 0 Å². The number of nitrogens with zero attached hydrogens (tertiary/aromatic N) is 3. The lowest BCUT2D eigenvalue weighted by atomic mass is 10.1. The van der Waals surface area contributed by atoms with Gasteiger partial charge >= 0.3 is 0 Å². The lowest BCUT2D eigenvalue weighted by Gasteiger charge is -2.15. The molecule has 7 heteroatoms. The molecule has 0 fully saturated rings. The van der Waals surface area contributed by atoms with Crippen molar-refractivity contribution in [1.82, 2.24) is 15.0 Å². The molecule has 5 aromatic rings. The molecular weight excluding hydrogens is 411 g/mol. The van der Waals surface area contributed by atoms with E-state index in [1.165, 1.54) is 23.9 Å². The highest BCUT2D eigenvalue weighted by molar-refractivity contribution is 7.98. The van der Waals surface area contributed by atoms with E-state index in [0.29, 0.717) is 5.88 Å². The van der Waals surface area contributed by atoms with Gasteiger partial charge in [0.2, 0.25) is 5.88 Å². The number of fused-ring (bicyclic) bond motifs is 1. The number of hydrogen-bond donors (Lipinski definition) is 1. The third kappa shape index (κ3) is 3.68. The van der Waals surface area contributed by atoms with E-state index in [4.69, 9.17) is 9.40 Å². The fraction of sp³-hybridized carbons (Fsp3) is 0.0833. The maximum atomic E-state index is 13.4. The van der Waals surface area contributed by atoms with Gasteiger partial charge in [-0.3, -0.25) is 4.90 Å². The highest BCUT2D eigenvalue weighted by Crippen LogP contribution is 2.35. The molecule has 31 heavy (non-hydrogen) atoms. The van der Waals surface area contributed by atoms with Crippen molar-refractivity contribution in [2.45, 2.75) is 5.16 Å². The number of pyridine rings is 1. The number of anilines is 2. The Labute approximate surface area is 183 Å². The Bertz CT molecular complexity index is 1330. The number of para-hydroxylation sites is 1. The minimum atomic E-state index is -0.270. The Morgan fingerprint density at radius 3 is 2.58 bits per heavy atom. The van der Waals surface area contributed by atoms with Crippen LogP contribution in [0.2, 0.25) is 0 Å². The van der Waals surface area contributed by atoms with Gasteiger partial charge in [-0.1, -0.05) is 30.0 Å². The first kappa shape index (κ1) is 19.4. The van der Waals surface area contributed by atoms with Gasteiger partial charge in [0.15, 0.2) is 5.16 Å². The van der Waals surface area contributed by atoms with E-state index in [1.807, 2.05) is 60.7 Å². The van der Waals surface area contributed by atoms with Crippen LogP contribution in [0.5, 0.6) is 0 Å². The van der Waals surface area contributed by atoms with Gasteiger partial charge < -0.3 is 9.40 Å². The zero-order valence-electron chi connectivity index (χ0n) is 17.0. The average molecular weight is 431 g/mol. The van der Waals surface area contributed by atoms with Crippen LogP contribution in [0.15, 0.2) is 82.5 Å². The predicted octanol–water partition coefficient (Wildman–Crippen LogP) is 6.51. The van der Waals surface area contributed by atoms with Crippen LogP contribution < -0.4 is 4.90 Å². The first-order valence-electron chi connectivity index (χ1n) is 9.71. The number of benzene rings is 2. The molecule has 0 spiro atoms. The molecule has 3 heterocycles. The fourth-order valence-electron chi connectivity index (χ4n) is 3.48. The summed E-state index contributed by atoms with van der Waals surface area (Å²) in [6.07, 6.45) is 3.72. The number of thioether (sulfide) groups is 1. The quantitative estimate of drug-likeness (QED) is 0.322. The molecular formula is C24H19FN4OS. The number of halogens is 1. The van der Waals surface area contributed by atoms with Gasteiger partial charge in [0.05, 0.1) is 11.4 Å². The number of rotatable bonds is 5. The molecule has 0 aliphatic rings. The van der Waals surface area contributed by atoms with E-state index in [2.05, 4.69) is 9.97 Å². The van der Waals surface area contributed by atoms with Crippen LogP contribution in [-0.2, 0) is 0 Å². The monoisotopic (exact) mass is 430 g/mol. The van der Waals surface area contributed by atoms with E-state index in [0.717, 1.165) is 44.5 Å². The summed E-state index contributed by atoms with van der Waals surface area (Å²) in [6, 6.07) is 20.2. The third-order valence-electron chi connectivity index (χ3n) is 5.11. The molecule has 1 N–H and O–H groups in total. The van der Waals surface area contributed by atoms with E-state index in [1.54, 1.807) is 18.3 Å². The molecule has 0 amide bonds. The predicted molar refractivity (Wildman–Crippen MR) is 123 cm³/mol. The number of H-pyrrole nitrogens is 1. The summed E-state index contributed by atoms with van der Waals surface area (Å²) >= 11 is 1.52. The Morgan fingerprint density at radius 2 is 1.81 bits per heavy atom. The molecule has 0 aliphatic heterocycles. The summed E-state index contributed by atoms with van der Waals surface area (Å²) in [7, 11) is 1.92. The highest BCUT2D eigenvalue weighted by Gasteiger charge is 2.17. The summed E-state index contributed by atoms with van der Waals surface area (Å²) < 4.78 is 19.4. The van der Waals surface area contributed by atoms with Crippen LogP contribution in [0, 0.1) is 5.82 Å². The normalized spacial score (nSPS) is 11.2. The minimum Gasteiger partial charge on any atom is -0.440 e. The number of aromatic nitrogens is 3. The highest BCUT2D eigenvalue weighted by atomic mass is 32.2. The molecule has 0 atom stereocenters. The molecule has 5 nitrogen and oxygen atoms in total. The summed E-state index contributed by atoms with van der Waals surface area (Å²) in [5, 5.41) is 1.83. The summed E-state index contributed by atoms with van der Waals surface area (Å²) in [5.41, 5.74) is 4.23. The van der Waals surface area contributed by atoms with Gasteiger partial charge in [-0.15, -0.1) is 0 Å². The number of aromatic amines is 1. The number of furan rings is 1. The summed E-state index contributed by atoms with van der Waals surface area (Å²) in [4.78, 5) is 14.5. The van der Waals surface area contributed by atoms with Crippen molar-refractivity contribution in [3.63, 3.8) is 0 Å². The lowest BCUT2D eigenvalue weighted by molar-refractivity contribution is 0.614. The summed E-state index contributed by atoms with van der Waals surface area (Å²) in [5.74, 6) is 1.17. The van der Waals surface area contributed by atoms with Gasteiger partial charge in [-0.2, -0.15) is 0 Å². The average Bonchev–Trinajstić information content (AvgIpc) is 3.44. The fourth-order valence-corrected chi connectivity index (χ4v) is 3.86. The minimum absolute atomic E-state index is 0.270. The van der Waals surface area contributed by atoms with Crippen molar-refractivity contribution in [3.05, 3.63) is 78.7 Å². The van der Waals surface area contributed by atoms with Crippen LogP contribution in [-0.4, -0.2) is 28.3 Å². The summed E-state index contributed by atoms with van der Waals surface area (Å²) in [6.45, 7) is 0. The third-order valence-corrected chi connectivity index (χ3v) is 5.69. The van der Waals surface area contributed by atoms with Crippen molar-refractivity contribution in [2.75, 3.05) is 18.2 Å². The smallest absolute Gasteiger partial charge is 0.202 e. The second-order valence-electron chi connectivity index (χ2n) is 7.06. The maximum absolute atomic E-state index is 13.4. The van der Waals surface area contributed by atoms with Gasteiger partial charge in [0, 0.05) is 35.8 Å². The van der Waals surface area contributed by atoms with Gasteiger partial charge in [-0.25, -0.2) is 14.4 Å². The SMILES string of the molecule is CSc1nc(-c2ccnc(N(C)c3cc4ccccc4o3)c2)c(-c2ccc(F)cc2)[nH]1. The molecule has 0 bridgehead atoms.